The van der Waals surface area contributed by atoms with Crippen LogP contribution in [0.4, 0.5) is 0 Å². The fourth-order valence-electron chi connectivity index (χ4n) is 10.8. The summed E-state index contributed by atoms with van der Waals surface area (Å²) in [4.78, 5) is 0. The van der Waals surface area contributed by atoms with Crippen LogP contribution in [0.5, 0.6) is 0 Å². The Labute approximate surface area is 259 Å². The van der Waals surface area contributed by atoms with E-state index in [1.807, 2.05) is 0 Å². The Hall–Kier alpha value is 1.73. The predicted octanol–water partition coefficient (Wildman–Crippen LogP) is 13.0. The first kappa shape index (κ1) is 34.6. The Morgan fingerprint density at radius 3 is 0.725 bits per heavy atom. The summed E-state index contributed by atoms with van der Waals surface area (Å²) in [5.74, 6) is 0. The van der Waals surface area contributed by atoms with Gasteiger partial charge < -0.3 is 0 Å². The van der Waals surface area contributed by atoms with Crippen molar-refractivity contribution in [3.8, 4) is 0 Å². The van der Waals surface area contributed by atoms with Gasteiger partial charge in [-0.3, -0.25) is 0 Å². The van der Waals surface area contributed by atoms with Crippen LogP contribution in [0.15, 0.2) is 0 Å². The first-order valence-electron chi connectivity index (χ1n) is 17.9. The fourth-order valence-corrected chi connectivity index (χ4v) is 36.7. The van der Waals surface area contributed by atoms with E-state index in [1.165, 1.54) is 0 Å². The molecule has 0 aromatic heterocycles. The van der Waals surface area contributed by atoms with Gasteiger partial charge in [0.2, 0.25) is 0 Å². The van der Waals surface area contributed by atoms with Crippen LogP contribution in [0.3, 0.4) is 0 Å². The lowest BCUT2D eigenvalue weighted by atomic mass is 10.3. The molecule has 4 saturated carbocycles. The maximum Gasteiger partial charge on any atom is 0.0480 e. The summed E-state index contributed by atoms with van der Waals surface area (Å²) in [7, 11) is -4.03. The zero-order valence-corrected chi connectivity index (χ0v) is 35.2. The van der Waals surface area contributed by atoms with Crippen molar-refractivity contribution in [1.82, 2.24) is 0 Å². The molecule has 6 heteroatoms. The summed E-state index contributed by atoms with van der Waals surface area (Å²) >= 11 is 0. The van der Waals surface area contributed by atoms with Crippen LogP contribution in [0.25, 0.3) is 0 Å². The molecule has 0 aromatic rings. The smallest absolute Gasteiger partial charge is 0.0480 e. The van der Waals surface area contributed by atoms with Gasteiger partial charge in [0, 0.05) is 32.3 Å². The molecule has 4 fully saturated rings. The Morgan fingerprint density at radius 2 is 0.550 bits per heavy atom. The molecule has 10 atom stereocenters. The van der Waals surface area contributed by atoms with Crippen molar-refractivity contribution in [3.63, 3.8) is 0 Å². The van der Waals surface area contributed by atoms with Gasteiger partial charge in [0.1, 0.15) is 0 Å². The molecule has 234 valence electrons. The van der Waals surface area contributed by atoms with E-state index >= 15 is 0 Å². The minimum absolute atomic E-state index is 0.192. The van der Waals surface area contributed by atoms with E-state index in [4.69, 9.17) is 0 Å². The highest BCUT2D eigenvalue weighted by molar-refractivity contribution is 7.63. The van der Waals surface area contributed by atoms with Crippen molar-refractivity contribution in [2.24, 2.45) is 0 Å². The third kappa shape index (κ3) is 7.92. The second-order valence-corrected chi connectivity index (χ2v) is 46.9. The fraction of sp³-hybridized carbons (Fsp3) is 1.00. The van der Waals surface area contributed by atoms with Crippen LogP contribution in [0.1, 0.15) is 77.0 Å². The van der Waals surface area contributed by atoms with Crippen LogP contribution < -0.4 is 0 Å². The van der Waals surface area contributed by atoms with Crippen LogP contribution in [0.2, 0.25) is 101 Å². The van der Waals surface area contributed by atoms with E-state index < -0.39 is 32.3 Å². The molecule has 0 spiro atoms. The third-order valence-electron chi connectivity index (χ3n) is 12.7. The molecule has 0 saturated heterocycles. The zero-order chi connectivity index (χ0) is 29.7. The number of rotatable bonds is 11. The van der Waals surface area contributed by atoms with Crippen LogP contribution in [-0.4, -0.2) is 67.3 Å². The lowest BCUT2D eigenvalue weighted by Crippen LogP contribution is -2.39. The zero-order valence-electron chi connectivity index (χ0n) is 29.4. The monoisotopic (exact) mass is 654 g/mol. The first-order valence-corrected chi connectivity index (χ1v) is 35.6. The standard InChI is InChI=1S/C34H72P2Si4/c1-37(2,3)31-21-13-17-27(31)35(28-18-14-22-32(28)38(4,5)6)25-26-36(29-19-15-23-33(29)39(7,8)9)30-20-16-24-34(30)40(10,11)12/h27-34H,13-26H2,1-12H3/t27-,28+,29-,30+,31?,32?,33?,34?,35?,36?. The van der Waals surface area contributed by atoms with Gasteiger partial charge in [-0.1, -0.05) is 130 Å². The topological polar surface area (TPSA) is 0 Å². The van der Waals surface area contributed by atoms with Gasteiger partial charge in [-0.15, -0.1) is 15.8 Å². The summed E-state index contributed by atoms with van der Waals surface area (Å²) in [6.45, 7) is 32.9. The van der Waals surface area contributed by atoms with Gasteiger partial charge in [-0.05, 0) is 82.8 Å². The average molecular weight is 655 g/mol. The van der Waals surface area contributed by atoms with Crippen LogP contribution >= 0.6 is 15.8 Å². The van der Waals surface area contributed by atoms with Crippen molar-refractivity contribution in [3.05, 3.63) is 0 Å². The Balaban J connectivity index is 1.67. The maximum atomic E-state index is 2.75. The van der Waals surface area contributed by atoms with Gasteiger partial charge in [0.05, 0.1) is 0 Å². The average Bonchev–Trinajstić information content (AvgIpc) is 3.60. The van der Waals surface area contributed by atoms with Gasteiger partial charge in [-0.2, -0.15) is 0 Å². The van der Waals surface area contributed by atoms with Crippen molar-refractivity contribution in [2.45, 2.75) is 200 Å². The van der Waals surface area contributed by atoms with E-state index in [0.717, 1.165) is 44.8 Å². The first-order chi connectivity index (χ1) is 18.4. The molecule has 0 aromatic carbocycles. The van der Waals surface area contributed by atoms with E-state index in [-0.39, 0.29) is 15.8 Å². The SMILES string of the molecule is C[Si](C)(C)C1CCC[C@H]1P(CCP([C@@H]1CCCC1[Si](C)(C)C)[C@H]1CCCC1[Si](C)(C)C)[C@H]1CCCC1[Si](C)(C)C. The summed E-state index contributed by atoms with van der Waals surface area (Å²) in [6, 6.07) is 0. The molecular formula is C34H72P2Si4. The van der Waals surface area contributed by atoms with Gasteiger partial charge >= 0.3 is 0 Å². The molecule has 0 aliphatic heterocycles. The minimum atomic E-state index is -1.10. The number of hydrogen-bond donors (Lipinski definition) is 0. The summed E-state index contributed by atoms with van der Waals surface area (Å²) in [5.41, 5.74) is 9.12. The predicted molar refractivity (Wildman–Crippen MR) is 203 cm³/mol. The highest BCUT2D eigenvalue weighted by Crippen LogP contribution is 2.70. The van der Waals surface area contributed by atoms with Crippen molar-refractivity contribution in [1.29, 1.82) is 0 Å². The van der Waals surface area contributed by atoms with Crippen molar-refractivity contribution >= 4 is 48.1 Å². The second-order valence-electron chi connectivity index (χ2n) is 19.4. The van der Waals surface area contributed by atoms with Crippen LogP contribution in [0, 0.1) is 0 Å². The molecule has 4 aliphatic rings. The summed E-state index contributed by atoms with van der Waals surface area (Å²) in [6.07, 6.45) is 22.6. The Bertz CT molecular complexity index is 688. The molecule has 6 unspecified atom stereocenters. The Kier molecular flexibility index (Phi) is 11.4. The Morgan fingerprint density at radius 1 is 0.350 bits per heavy atom. The summed E-state index contributed by atoms with van der Waals surface area (Å²) in [5, 5.41) is 0. The lowest BCUT2D eigenvalue weighted by Gasteiger charge is -2.46. The highest BCUT2D eigenvalue weighted by Gasteiger charge is 2.51. The molecule has 0 heterocycles. The number of hydrogen-bond acceptors (Lipinski definition) is 0. The quantitative estimate of drug-likeness (QED) is 0.154. The normalized spacial score (nSPS) is 37.8. The van der Waals surface area contributed by atoms with Gasteiger partial charge in [-0.25, -0.2) is 0 Å². The maximum absolute atomic E-state index is 2.75. The molecular weight excluding hydrogens is 583 g/mol. The van der Waals surface area contributed by atoms with E-state index in [0.29, 0.717) is 0 Å². The molecule has 0 radical (unpaired) electrons. The molecule has 0 amide bonds. The van der Waals surface area contributed by atoms with Gasteiger partial charge in [0.25, 0.3) is 0 Å². The molecule has 4 rings (SSSR count). The van der Waals surface area contributed by atoms with Crippen molar-refractivity contribution < 1.29 is 0 Å². The van der Waals surface area contributed by atoms with Crippen molar-refractivity contribution in [2.75, 3.05) is 12.3 Å². The van der Waals surface area contributed by atoms with Crippen LogP contribution in [-0.2, 0) is 0 Å². The van der Waals surface area contributed by atoms with E-state index in [1.54, 1.807) is 89.4 Å². The largest absolute Gasteiger partial charge is 0.100 e. The molecule has 4 aliphatic carbocycles. The summed E-state index contributed by atoms with van der Waals surface area (Å²) < 4.78 is 0. The molecule has 0 N–H and O–H groups in total. The molecule has 0 bridgehead atoms. The van der Waals surface area contributed by atoms with E-state index in [2.05, 4.69) is 78.6 Å². The highest BCUT2D eigenvalue weighted by atomic mass is 31.1. The molecule has 40 heavy (non-hydrogen) atoms. The third-order valence-corrected chi connectivity index (χ3v) is 33.2. The minimum Gasteiger partial charge on any atom is -0.100 e. The molecule has 0 nitrogen and oxygen atoms in total. The second kappa shape index (κ2) is 13.2. The lowest BCUT2D eigenvalue weighted by molar-refractivity contribution is 0.786. The van der Waals surface area contributed by atoms with Gasteiger partial charge in [0.15, 0.2) is 0 Å². The van der Waals surface area contributed by atoms with E-state index in [9.17, 15) is 0 Å².